The summed E-state index contributed by atoms with van der Waals surface area (Å²) in [4.78, 5) is 0. The average molecular weight is 273 g/mol. The Morgan fingerprint density at radius 2 is 1.60 bits per heavy atom. The molecule has 2 aromatic carbocycles. The fourth-order valence-electron chi connectivity index (χ4n) is 2.11. The molecule has 0 spiro atoms. The molecule has 0 amide bonds. The van der Waals surface area contributed by atoms with Gasteiger partial charge in [-0.1, -0.05) is 18.2 Å². The molecule has 3 rings (SSSR count). The van der Waals surface area contributed by atoms with E-state index in [0.29, 0.717) is 24.6 Å². The van der Waals surface area contributed by atoms with Crippen LogP contribution in [0.3, 0.4) is 0 Å². The minimum Gasteiger partial charge on any atom is -0.508 e. The van der Waals surface area contributed by atoms with Crippen LogP contribution in [-0.4, -0.2) is 17.0 Å². The zero-order valence-electron chi connectivity index (χ0n) is 10.8. The molecule has 0 aliphatic carbocycles. The van der Waals surface area contributed by atoms with Crippen molar-refractivity contribution in [2.75, 3.05) is 6.79 Å². The fourth-order valence-corrected chi connectivity index (χ4v) is 2.11. The Morgan fingerprint density at radius 3 is 2.40 bits per heavy atom. The lowest BCUT2D eigenvalue weighted by Crippen LogP contribution is -2.12. The highest BCUT2D eigenvalue weighted by Gasteiger charge is 2.16. The van der Waals surface area contributed by atoms with E-state index < -0.39 is 0 Å². The zero-order valence-corrected chi connectivity index (χ0v) is 10.8. The van der Waals surface area contributed by atoms with Gasteiger partial charge in [-0.3, -0.25) is 0 Å². The predicted molar refractivity (Wildman–Crippen MR) is 72.9 cm³/mol. The molecule has 0 bridgehead atoms. The Morgan fingerprint density at radius 1 is 0.900 bits per heavy atom. The van der Waals surface area contributed by atoms with E-state index in [1.54, 1.807) is 24.3 Å². The number of phenols is 2. The minimum atomic E-state index is 0.166. The van der Waals surface area contributed by atoms with Gasteiger partial charge in [0, 0.05) is 30.3 Å². The lowest BCUT2D eigenvalue weighted by molar-refractivity contribution is 0.174. The first-order valence-electron chi connectivity index (χ1n) is 6.33. The lowest BCUT2D eigenvalue weighted by atomic mass is 10.1. The number of phenolic OH excluding ortho intramolecular Hbond substituents is 2. The van der Waals surface area contributed by atoms with Gasteiger partial charge in [-0.15, -0.1) is 0 Å². The first-order valence-corrected chi connectivity index (χ1v) is 6.33. The average Bonchev–Trinajstić information content (AvgIpc) is 2.88. The number of fused-ring (bicyclic) bond motifs is 1. The monoisotopic (exact) mass is 273 g/mol. The SMILES string of the molecule is Oc1ccccc1CNCc1cc2c(cc1O)OCO2. The molecular weight excluding hydrogens is 258 g/mol. The number of aromatic hydroxyl groups is 2. The van der Waals surface area contributed by atoms with Crippen LogP contribution >= 0.6 is 0 Å². The second kappa shape index (κ2) is 5.30. The molecule has 0 unspecified atom stereocenters. The molecule has 5 heteroatoms. The summed E-state index contributed by atoms with van der Waals surface area (Å²) in [5.74, 6) is 1.63. The second-order valence-electron chi connectivity index (χ2n) is 4.57. The van der Waals surface area contributed by atoms with Crippen molar-refractivity contribution in [2.24, 2.45) is 0 Å². The molecule has 0 saturated carbocycles. The first kappa shape index (κ1) is 12.6. The van der Waals surface area contributed by atoms with Crippen LogP contribution in [0, 0.1) is 0 Å². The van der Waals surface area contributed by atoms with E-state index in [2.05, 4.69) is 5.32 Å². The highest BCUT2D eigenvalue weighted by atomic mass is 16.7. The maximum Gasteiger partial charge on any atom is 0.231 e. The minimum absolute atomic E-state index is 0.166. The second-order valence-corrected chi connectivity index (χ2v) is 4.57. The maximum absolute atomic E-state index is 9.90. The molecule has 0 atom stereocenters. The molecule has 0 radical (unpaired) electrons. The highest BCUT2D eigenvalue weighted by molar-refractivity contribution is 5.51. The Balaban J connectivity index is 1.66. The molecule has 1 aliphatic heterocycles. The van der Waals surface area contributed by atoms with Crippen LogP contribution in [-0.2, 0) is 13.1 Å². The van der Waals surface area contributed by atoms with Crippen LogP contribution in [0.2, 0.25) is 0 Å². The molecule has 3 N–H and O–H groups in total. The number of rotatable bonds is 4. The van der Waals surface area contributed by atoms with E-state index >= 15 is 0 Å². The summed E-state index contributed by atoms with van der Waals surface area (Å²) in [5.41, 5.74) is 1.54. The van der Waals surface area contributed by atoms with E-state index in [1.165, 1.54) is 0 Å². The standard InChI is InChI=1S/C15H15NO4/c17-12-4-2-1-3-10(12)7-16-8-11-5-14-15(6-13(11)18)20-9-19-14/h1-6,16-18H,7-9H2. The fraction of sp³-hybridized carbons (Fsp3) is 0.200. The van der Waals surface area contributed by atoms with Crippen molar-refractivity contribution in [2.45, 2.75) is 13.1 Å². The molecule has 104 valence electrons. The summed E-state index contributed by atoms with van der Waals surface area (Å²) >= 11 is 0. The number of benzene rings is 2. The van der Waals surface area contributed by atoms with E-state index in [1.807, 2.05) is 12.1 Å². The van der Waals surface area contributed by atoms with Crippen molar-refractivity contribution in [1.29, 1.82) is 0 Å². The Kier molecular flexibility index (Phi) is 3.35. The quantitative estimate of drug-likeness (QED) is 0.796. The third kappa shape index (κ3) is 2.48. The molecule has 2 aromatic rings. The molecule has 0 saturated heterocycles. The third-order valence-corrected chi connectivity index (χ3v) is 3.20. The van der Waals surface area contributed by atoms with Crippen molar-refractivity contribution < 1.29 is 19.7 Å². The smallest absolute Gasteiger partial charge is 0.231 e. The number of hydrogen-bond acceptors (Lipinski definition) is 5. The van der Waals surface area contributed by atoms with E-state index in [9.17, 15) is 10.2 Å². The van der Waals surface area contributed by atoms with E-state index in [0.717, 1.165) is 11.1 Å². The van der Waals surface area contributed by atoms with Gasteiger partial charge in [0.15, 0.2) is 11.5 Å². The van der Waals surface area contributed by atoms with Gasteiger partial charge in [0.05, 0.1) is 0 Å². The van der Waals surface area contributed by atoms with Crippen LogP contribution in [0.5, 0.6) is 23.0 Å². The van der Waals surface area contributed by atoms with Crippen molar-refractivity contribution in [3.8, 4) is 23.0 Å². The summed E-state index contributed by atoms with van der Waals surface area (Å²) in [7, 11) is 0. The summed E-state index contributed by atoms with van der Waals surface area (Å²) in [6, 6.07) is 10.5. The molecule has 1 heterocycles. The van der Waals surface area contributed by atoms with Crippen molar-refractivity contribution in [3.05, 3.63) is 47.5 Å². The molecule has 0 aromatic heterocycles. The number of nitrogens with one attached hydrogen (secondary N) is 1. The van der Waals surface area contributed by atoms with Crippen molar-refractivity contribution in [3.63, 3.8) is 0 Å². The Hall–Kier alpha value is -2.40. The predicted octanol–water partition coefficient (Wildman–Crippen LogP) is 2.12. The molecule has 1 aliphatic rings. The van der Waals surface area contributed by atoms with Gasteiger partial charge in [0.1, 0.15) is 11.5 Å². The Labute approximate surface area is 116 Å². The van der Waals surface area contributed by atoms with Crippen LogP contribution in [0.25, 0.3) is 0 Å². The van der Waals surface area contributed by atoms with Gasteiger partial charge >= 0.3 is 0 Å². The zero-order chi connectivity index (χ0) is 13.9. The van der Waals surface area contributed by atoms with Gasteiger partial charge in [-0.25, -0.2) is 0 Å². The molecule has 5 nitrogen and oxygen atoms in total. The number of hydrogen-bond donors (Lipinski definition) is 3. The topological polar surface area (TPSA) is 71.0 Å². The normalized spacial score (nSPS) is 12.6. The van der Waals surface area contributed by atoms with Gasteiger partial charge in [0.25, 0.3) is 0 Å². The summed E-state index contributed by atoms with van der Waals surface area (Å²) in [6.45, 7) is 1.17. The van der Waals surface area contributed by atoms with Gasteiger partial charge in [0.2, 0.25) is 6.79 Å². The number of ether oxygens (including phenoxy) is 2. The van der Waals surface area contributed by atoms with Crippen molar-refractivity contribution >= 4 is 0 Å². The Bertz CT molecular complexity index is 627. The lowest BCUT2D eigenvalue weighted by Gasteiger charge is -2.09. The molecule has 0 fully saturated rings. The van der Waals surface area contributed by atoms with Crippen LogP contribution in [0.1, 0.15) is 11.1 Å². The number of para-hydroxylation sites is 1. The van der Waals surface area contributed by atoms with E-state index in [4.69, 9.17) is 9.47 Å². The van der Waals surface area contributed by atoms with E-state index in [-0.39, 0.29) is 18.3 Å². The van der Waals surface area contributed by atoms with Crippen molar-refractivity contribution in [1.82, 2.24) is 5.32 Å². The largest absolute Gasteiger partial charge is 0.508 e. The first-order chi connectivity index (χ1) is 9.74. The maximum atomic E-state index is 9.90. The summed E-state index contributed by atoms with van der Waals surface area (Å²) in [6.07, 6.45) is 0. The van der Waals surface area contributed by atoms with Crippen LogP contribution < -0.4 is 14.8 Å². The molecule has 20 heavy (non-hydrogen) atoms. The third-order valence-electron chi connectivity index (χ3n) is 3.20. The molecular formula is C15H15NO4. The van der Waals surface area contributed by atoms with Gasteiger partial charge in [-0.2, -0.15) is 0 Å². The van der Waals surface area contributed by atoms with Crippen LogP contribution in [0.15, 0.2) is 36.4 Å². The van der Waals surface area contributed by atoms with Crippen LogP contribution in [0.4, 0.5) is 0 Å². The summed E-state index contributed by atoms with van der Waals surface area (Å²) < 4.78 is 10.5. The highest BCUT2D eigenvalue weighted by Crippen LogP contribution is 2.37. The van der Waals surface area contributed by atoms with Gasteiger partial charge in [-0.05, 0) is 12.1 Å². The summed E-state index contributed by atoms with van der Waals surface area (Å²) in [5, 5.41) is 22.7. The van der Waals surface area contributed by atoms with Gasteiger partial charge < -0.3 is 25.0 Å².